The average molecular weight is 238 g/mol. The van der Waals surface area contributed by atoms with Gasteiger partial charge in [0.15, 0.2) is 0 Å². The Kier molecular flexibility index (Phi) is 5.38. The lowest BCUT2D eigenvalue weighted by Crippen LogP contribution is -2.16. The standard InChI is InChI=1S/C13H22N2O2/c1-9(14)5-6-12-11(8-16-3)7-15-10(2)13(12)17-4/h7,9H,5-6,8,14H2,1-4H3/t9-/m1/s1. The van der Waals surface area contributed by atoms with E-state index >= 15 is 0 Å². The molecular formula is C13H22N2O2. The van der Waals surface area contributed by atoms with Crippen molar-refractivity contribution in [2.24, 2.45) is 5.73 Å². The van der Waals surface area contributed by atoms with Crippen LogP contribution in [0.3, 0.4) is 0 Å². The van der Waals surface area contributed by atoms with Gasteiger partial charge in [-0.3, -0.25) is 4.98 Å². The van der Waals surface area contributed by atoms with Crippen LogP contribution in [-0.2, 0) is 17.8 Å². The number of hydrogen-bond acceptors (Lipinski definition) is 4. The summed E-state index contributed by atoms with van der Waals surface area (Å²) in [4.78, 5) is 4.32. The summed E-state index contributed by atoms with van der Waals surface area (Å²) in [7, 11) is 3.36. The summed E-state index contributed by atoms with van der Waals surface area (Å²) < 4.78 is 10.6. The van der Waals surface area contributed by atoms with E-state index in [0.29, 0.717) is 6.61 Å². The van der Waals surface area contributed by atoms with Crippen LogP contribution in [-0.4, -0.2) is 25.2 Å². The molecule has 0 saturated heterocycles. The third-order valence-corrected chi connectivity index (χ3v) is 2.76. The monoisotopic (exact) mass is 238 g/mol. The van der Waals surface area contributed by atoms with Gasteiger partial charge in [-0.05, 0) is 26.7 Å². The summed E-state index contributed by atoms with van der Waals surface area (Å²) in [6.07, 6.45) is 3.68. The molecule has 1 rings (SSSR count). The van der Waals surface area contributed by atoms with Crippen molar-refractivity contribution in [2.75, 3.05) is 14.2 Å². The number of pyridine rings is 1. The molecule has 96 valence electrons. The smallest absolute Gasteiger partial charge is 0.143 e. The Hall–Kier alpha value is -1.13. The Morgan fingerprint density at radius 3 is 2.65 bits per heavy atom. The molecule has 0 radical (unpaired) electrons. The highest BCUT2D eigenvalue weighted by atomic mass is 16.5. The van der Waals surface area contributed by atoms with Crippen molar-refractivity contribution < 1.29 is 9.47 Å². The fourth-order valence-electron chi connectivity index (χ4n) is 1.87. The summed E-state index contributed by atoms with van der Waals surface area (Å²) in [5.74, 6) is 0.861. The second kappa shape index (κ2) is 6.57. The normalized spacial score (nSPS) is 12.5. The number of ether oxygens (including phenoxy) is 2. The first kappa shape index (κ1) is 13.9. The Balaban J connectivity index is 3.05. The lowest BCUT2D eigenvalue weighted by atomic mass is 10.0. The molecule has 0 aliphatic rings. The minimum atomic E-state index is 0.184. The topological polar surface area (TPSA) is 57.4 Å². The molecule has 0 aliphatic heterocycles. The Labute approximate surface area is 103 Å². The molecule has 1 heterocycles. The van der Waals surface area contributed by atoms with Crippen molar-refractivity contribution in [2.45, 2.75) is 39.3 Å². The second-order valence-electron chi connectivity index (χ2n) is 4.33. The van der Waals surface area contributed by atoms with Crippen molar-refractivity contribution in [3.05, 3.63) is 23.0 Å². The predicted octanol–water partition coefficient (Wildman–Crippen LogP) is 1.82. The molecule has 0 bridgehead atoms. The molecule has 4 heteroatoms. The van der Waals surface area contributed by atoms with Crippen LogP contribution in [0.2, 0.25) is 0 Å². The lowest BCUT2D eigenvalue weighted by molar-refractivity contribution is 0.183. The van der Waals surface area contributed by atoms with Crippen LogP contribution in [0.5, 0.6) is 5.75 Å². The Bertz CT molecular complexity index is 365. The van der Waals surface area contributed by atoms with Gasteiger partial charge in [0.2, 0.25) is 0 Å². The highest BCUT2D eigenvalue weighted by molar-refractivity contribution is 5.41. The lowest BCUT2D eigenvalue weighted by Gasteiger charge is -2.16. The van der Waals surface area contributed by atoms with Gasteiger partial charge >= 0.3 is 0 Å². The minimum absolute atomic E-state index is 0.184. The van der Waals surface area contributed by atoms with E-state index in [2.05, 4.69) is 4.98 Å². The summed E-state index contributed by atoms with van der Waals surface area (Å²) in [6, 6.07) is 0.184. The zero-order valence-corrected chi connectivity index (χ0v) is 11.1. The van der Waals surface area contributed by atoms with Crippen LogP contribution in [0.1, 0.15) is 30.2 Å². The van der Waals surface area contributed by atoms with Crippen LogP contribution in [0.4, 0.5) is 0 Å². The van der Waals surface area contributed by atoms with Crippen molar-refractivity contribution in [1.82, 2.24) is 4.98 Å². The van der Waals surface area contributed by atoms with Gasteiger partial charge in [0.25, 0.3) is 0 Å². The van der Waals surface area contributed by atoms with Gasteiger partial charge in [-0.1, -0.05) is 0 Å². The number of rotatable bonds is 6. The van der Waals surface area contributed by atoms with E-state index in [1.165, 1.54) is 5.56 Å². The van der Waals surface area contributed by atoms with Gasteiger partial charge < -0.3 is 15.2 Å². The summed E-state index contributed by atoms with van der Waals surface area (Å²) in [6.45, 7) is 4.51. The summed E-state index contributed by atoms with van der Waals surface area (Å²) in [5.41, 5.74) is 8.96. The van der Waals surface area contributed by atoms with Crippen LogP contribution in [0.15, 0.2) is 6.20 Å². The fraction of sp³-hybridized carbons (Fsp3) is 0.615. The molecule has 1 aromatic heterocycles. The first-order valence-electron chi connectivity index (χ1n) is 5.86. The van der Waals surface area contributed by atoms with Crippen LogP contribution in [0.25, 0.3) is 0 Å². The highest BCUT2D eigenvalue weighted by Gasteiger charge is 2.13. The summed E-state index contributed by atoms with van der Waals surface area (Å²) >= 11 is 0. The van der Waals surface area contributed by atoms with Gasteiger partial charge in [0, 0.05) is 30.5 Å². The average Bonchev–Trinajstić information content (AvgIpc) is 2.29. The zero-order valence-electron chi connectivity index (χ0n) is 11.1. The van der Waals surface area contributed by atoms with E-state index in [-0.39, 0.29) is 6.04 Å². The van der Waals surface area contributed by atoms with Gasteiger partial charge in [-0.2, -0.15) is 0 Å². The Morgan fingerprint density at radius 1 is 1.41 bits per heavy atom. The molecule has 0 amide bonds. The molecule has 0 aromatic carbocycles. The third-order valence-electron chi connectivity index (χ3n) is 2.76. The van der Waals surface area contributed by atoms with Crippen molar-refractivity contribution >= 4 is 0 Å². The number of hydrogen-bond donors (Lipinski definition) is 1. The van der Waals surface area contributed by atoms with E-state index in [4.69, 9.17) is 15.2 Å². The Morgan fingerprint density at radius 2 is 2.12 bits per heavy atom. The van der Waals surface area contributed by atoms with Gasteiger partial charge in [0.05, 0.1) is 19.4 Å². The molecule has 0 spiro atoms. The second-order valence-corrected chi connectivity index (χ2v) is 4.33. The van der Waals surface area contributed by atoms with E-state index < -0.39 is 0 Å². The minimum Gasteiger partial charge on any atom is -0.495 e. The molecule has 0 fully saturated rings. The van der Waals surface area contributed by atoms with Crippen molar-refractivity contribution in [3.63, 3.8) is 0 Å². The largest absolute Gasteiger partial charge is 0.495 e. The zero-order chi connectivity index (χ0) is 12.8. The van der Waals surface area contributed by atoms with Crippen LogP contribution < -0.4 is 10.5 Å². The van der Waals surface area contributed by atoms with E-state index in [1.807, 2.05) is 20.0 Å². The van der Waals surface area contributed by atoms with E-state index in [9.17, 15) is 0 Å². The first-order valence-corrected chi connectivity index (χ1v) is 5.86. The highest BCUT2D eigenvalue weighted by Crippen LogP contribution is 2.27. The summed E-state index contributed by atoms with van der Waals surface area (Å²) in [5, 5.41) is 0. The van der Waals surface area contributed by atoms with Gasteiger partial charge in [0.1, 0.15) is 5.75 Å². The fourth-order valence-corrected chi connectivity index (χ4v) is 1.87. The molecule has 1 aromatic rings. The molecule has 0 saturated carbocycles. The molecule has 17 heavy (non-hydrogen) atoms. The molecule has 2 N–H and O–H groups in total. The number of nitrogens with two attached hydrogens (primary N) is 1. The molecule has 4 nitrogen and oxygen atoms in total. The molecular weight excluding hydrogens is 216 g/mol. The van der Waals surface area contributed by atoms with Crippen LogP contribution in [0, 0.1) is 6.92 Å². The van der Waals surface area contributed by atoms with E-state index in [1.54, 1.807) is 14.2 Å². The maximum Gasteiger partial charge on any atom is 0.143 e. The number of methoxy groups -OCH3 is 2. The predicted molar refractivity (Wildman–Crippen MR) is 68.2 cm³/mol. The third kappa shape index (κ3) is 3.68. The van der Waals surface area contributed by atoms with Crippen LogP contribution >= 0.6 is 0 Å². The van der Waals surface area contributed by atoms with E-state index in [0.717, 1.165) is 29.8 Å². The van der Waals surface area contributed by atoms with Gasteiger partial charge in [-0.15, -0.1) is 0 Å². The first-order chi connectivity index (χ1) is 8.10. The van der Waals surface area contributed by atoms with Gasteiger partial charge in [-0.25, -0.2) is 0 Å². The molecule has 1 atom stereocenters. The van der Waals surface area contributed by atoms with Crippen molar-refractivity contribution in [3.8, 4) is 5.75 Å². The maximum absolute atomic E-state index is 5.81. The SMILES string of the molecule is COCc1cnc(C)c(OC)c1CC[C@@H](C)N. The molecule has 0 unspecified atom stereocenters. The number of aromatic nitrogens is 1. The maximum atomic E-state index is 5.81. The molecule has 0 aliphatic carbocycles. The number of aryl methyl sites for hydroxylation is 1. The van der Waals surface area contributed by atoms with Crippen molar-refractivity contribution in [1.29, 1.82) is 0 Å². The quantitative estimate of drug-likeness (QED) is 0.821. The number of nitrogens with zero attached hydrogens (tertiary/aromatic N) is 1.